The van der Waals surface area contributed by atoms with Crippen LogP contribution in [0.5, 0.6) is 0 Å². The summed E-state index contributed by atoms with van der Waals surface area (Å²) < 4.78 is 0. The highest BCUT2D eigenvalue weighted by atomic mass is 16.3. The van der Waals surface area contributed by atoms with Crippen LogP contribution in [-0.2, 0) is 0 Å². The zero-order valence-electron chi connectivity index (χ0n) is 15.0. The van der Waals surface area contributed by atoms with Gasteiger partial charge in [0.15, 0.2) is 0 Å². The van der Waals surface area contributed by atoms with E-state index in [0.717, 1.165) is 25.7 Å². The van der Waals surface area contributed by atoms with E-state index in [4.69, 9.17) is 0 Å². The van der Waals surface area contributed by atoms with Gasteiger partial charge in [0.05, 0.1) is 11.7 Å². The lowest BCUT2D eigenvalue weighted by Crippen LogP contribution is -2.27. The van der Waals surface area contributed by atoms with E-state index in [1.54, 1.807) is 6.92 Å². The van der Waals surface area contributed by atoms with Gasteiger partial charge in [-0.3, -0.25) is 0 Å². The first kappa shape index (κ1) is 19.2. The predicted molar refractivity (Wildman–Crippen MR) is 94.7 cm³/mol. The lowest BCUT2D eigenvalue weighted by molar-refractivity contribution is 0.0565. The van der Waals surface area contributed by atoms with Gasteiger partial charge < -0.3 is 10.2 Å². The third-order valence-electron chi connectivity index (χ3n) is 4.56. The van der Waals surface area contributed by atoms with Crippen molar-refractivity contribution in [2.24, 2.45) is 11.8 Å². The Bertz CT molecular complexity index is 427. The van der Waals surface area contributed by atoms with Crippen molar-refractivity contribution >= 4 is 0 Å². The number of allylic oxidation sites excluding steroid dienone is 4. The molecule has 0 saturated carbocycles. The number of aliphatic hydroxyl groups excluding tert-OH is 1. The average Bonchev–Trinajstić information content (AvgIpc) is 2.36. The van der Waals surface area contributed by atoms with Crippen LogP contribution < -0.4 is 0 Å². The maximum absolute atomic E-state index is 10.5. The maximum Gasteiger partial charge on any atom is 0.0827 e. The Morgan fingerprint density at radius 3 is 2.50 bits per heavy atom. The number of hydrogen-bond donors (Lipinski definition) is 2. The van der Waals surface area contributed by atoms with Crippen LogP contribution >= 0.6 is 0 Å². The van der Waals surface area contributed by atoms with Crippen molar-refractivity contribution in [2.45, 2.75) is 78.4 Å². The molecule has 3 atom stereocenters. The molecule has 2 unspecified atom stereocenters. The summed E-state index contributed by atoms with van der Waals surface area (Å²) in [6.07, 6.45) is 12.2. The Balaban J connectivity index is 2.97. The van der Waals surface area contributed by atoms with Gasteiger partial charge in [-0.25, -0.2) is 0 Å². The lowest BCUT2D eigenvalue weighted by atomic mass is 9.86. The van der Waals surface area contributed by atoms with Crippen molar-refractivity contribution < 1.29 is 10.2 Å². The van der Waals surface area contributed by atoms with Crippen LogP contribution in [0, 0.1) is 11.8 Å². The molecule has 2 heteroatoms. The molecular formula is C20H34O2. The minimum absolute atomic E-state index is 0.348. The third-order valence-corrected chi connectivity index (χ3v) is 4.56. The topological polar surface area (TPSA) is 40.5 Å². The van der Waals surface area contributed by atoms with Crippen molar-refractivity contribution in [3.8, 4) is 0 Å². The highest BCUT2D eigenvalue weighted by Gasteiger charge is 2.21. The molecule has 0 radical (unpaired) electrons. The van der Waals surface area contributed by atoms with Gasteiger partial charge in [0, 0.05) is 6.42 Å². The van der Waals surface area contributed by atoms with E-state index >= 15 is 0 Å². The van der Waals surface area contributed by atoms with Crippen LogP contribution in [0.25, 0.3) is 0 Å². The number of rotatable bonds is 1. The molecule has 126 valence electrons. The van der Waals surface area contributed by atoms with E-state index in [1.807, 2.05) is 12.2 Å². The predicted octanol–water partition coefficient (Wildman–Crippen LogP) is 4.78. The average molecular weight is 306 g/mol. The monoisotopic (exact) mass is 306 g/mol. The van der Waals surface area contributed by atoms with E-state index in [2.05, 4.69) is 39.8 Å². The summed E-state index contributed by atoms with van der Waals surface area (Å²) in [5, 5.41) is 20.7. The summed E-state index contributed by atoms with van der Waals surface area (Å²) in [5.41, 5.74) is 1.67. The molecule has 1 aliphatic carbocycles. The smallest absolute Gasteiger partial charge is 0.0827 e. The molecule has 0 amide bonds. The SMILES string of the molecule is C/C1=C/C(O)C[C@@](C)(O)/C=C/C(C(C)C)CC/C(C)=C/CC1. The van der Waals surface area contributed by atoms with Crippen molar-refractivity contribution in [1.29, 1.82) is 0 Å². The van der Waals surface area contributed by atoms with Gasteiger partial charge >= 0.3 is 0 Å². The molecule has 2 nitrogen and oxygen atoms in total. The Labute approximate surface area is 136 Å². The van der Waals surface area contributed by atoms with Crippen LogP contribution in [0.3, 0.4) is 0 Å². The minimum Gasteiger partial charge on any atom is -0.389 e. The van der Waals surface area contributed by atoms with Gasteiger partial charge in [-0.1, -0.05) is 49.3 Å². The van der Waals surface area contributed by atoms with Gasteiger partial charge in [-0.15, -0.1) is 0 Å². The molecule has 0 bridgehead atoms. The standard InChI is InChI=1S/C20H34O2/c1-15(2)18-10-9-16(3)7-6-8-17(4)13-19(21)14-20(5,22)12-11-18/h7,11-13,15,18-19,21-22H,6,8-10,14H2,1-5H3/b12-11+,16-7+,17-13-/t18?,19?,20-/m0/s1. The molecule has 0 fully saturated rings. The fourth-order valence-electron chi connectivity index (χ4n) is 2.99. The summed E-state index contributed by atoms with van der Waals surface area (Å²) in [7, 11) is 0. The highest BCUT2D eigenvalue weighted by molar-refractivity contribution is 5.10. The molecule has 0 spiro atoms. The Kier molecular flexibility index (Phi) is 7.58. The molecule has 22 heavy (non-hydrogen) atoms. The van der Waals surface area contributed by atoms with Crippen LogP contribution in [0.4, 0.5) is 0 Å². The molecule has 0 saturated heterocycles. The normalized spacial score (nSPS) is 38.5. The van der Waals surface area contributed by atoms with Crippen LogP contribution in [0.15, 0.2) is 35.5 Å². The maximum atomic E-state index is 10.5. The van der Waals surface area contributed by atoms with Gasteiger partial charge in [-0.2, -0.15) is 0 Å². The Morgan fingerprint density at radius 2 is 1.86 bits per heavy atom. The van der Waals surface area contributed by atoms with Crippen LogP contribution in [0.2, 0.25) is 0 Å². The second kappa shape index (κ2) is 8.69. The molecule has 0 heterocycles. The van der Waals surface area contributed by atoms with Crippen molar-refractivity contribution in [3.63, 3.8) is 0 Å². The second-order valence-electron chi connectivity index (χ2n) is 7.54. The summed E-state index contributed by atoms with van der Waals surface area (Å²) in [6.45, 7) is 10.5. The van der Waals surface area contributed by atoms with Crippen molar-refractivity contribution in [1.82, 2.24) is 0 Å². The lowest BCUT2D eigenvalue weighted by Gasteiger charge is -2.24. The molecule has 0 aromatic carbocycles. The Hall–Kier alpha value is -0.860. The van der Waals surface area contributed by atoms with Gasteiger partial charge in [-0.05, 0) is 58.3 Å². The van der Waals surface area contributed by atoms with E-state index in [9.17, 15) is 10.2 Å². The molecular weight excluding hydrogens is 272 g/mol. The fraction of sp³-hybridized carbons (Fsp3) is 0.700. The Morgan fingerprint density at radius 1 is 1.18 bits per heavy atom. The minimum atomic E-state index is -0.960. The molecule has 0 aromatic rings. The highest BCUT2D eigenvalue weighted by Crippen LogP contribution is 2.25. The van der Waals surface area contributed by atoms with Crippen molar-refractivity contribution in [2.75, 3.05) is 0 Å². The summed E-state index contributed by atoms with van der Waals surface area (Å²) in [5.74, 6) is 1.02. The fourth-order valence-corrected chi connectivity index (χ4v) is 2.99. The van der Waals surface area contributed by atoms with Gasteiger partial charge in [0.1, 0.15) is 0 Å². The second-order valence-corrected chi connectivity index (χ2v) is 7.54. The molecule has 1 rings (SSSR count). The molecule has 0 aliphatic heterocycles. The number of aliphatic hydroxyl groups is 2. The number of hydrogen-bond acceptors (Lipinski definition) is 2. The largest absolute Gasteiger partial charge is 0.389 e. The van der Waals surface area contributed by atoms with Crippen LogP contribution in [0.1, 0.15) is 66.7 Å². The van der Waals surface area contributed by atoms with Gasteiger partial charge in [0.25, 0.3) is 0 Å². The zero-order chi connectivity index (χ0) is 16.8. The molecule has 2 N–H and O–H groups in total. The van der Waals surface area contributed by atoms with E-state index in [-0.39, 0.29) is 0 Å². The van der Waals surface area contributed by atoms with E-state index in [0.29, 0.717) is 18.3 Å². The third kappa shape index (κ3) is 7.42. The van der Waals surface area contributed by atoms with Crippen molar-refractivity contribution in [3.05, 3.63) is 35.5 Å². The molecule has 1 aliphatic rings. The zero-order valence-corrected chi connectivity index (χ0v) is 15.0. The first-order valence-electron chi connectivity index (χ1n) is 8.62. The first-order chi connectivity index (χ1) is 10.2. The summed E-state index contributed by atoms with van der Waals surface area (Å²) >= 11 is 0. The van der Waals surface area contributed by atoms with Gasteiger partial charge in [0.2, 0.25) is 0 Å². The summed E-state index contributed by atoms with van der Waals surface area (Å²) in [4.78, 5) is 0. The first-order valence-corrected chi connectivity index (χ1v) is 8.62. The van der Waals surface area contributed by atoms with Crippen LogP contribution in [-0.4, -0.2) is 21.9 Å². The molecule has 0 aromatic heterocycles. The summed E-state index contributed by atoms with van der Waals surface area (Å²) in [6, 6.07) is 0. The quantitative estimate of drug-likeness (QED) is 0.684. The van der Waals surface area contributed by atoms with E-state index < -0.39 is 11.7 Å². The van der Waals surface area contributed by atoms with E-state index in [1.165, 1.54) is 11.1 Å².